The highest BCUT2D eigenvalue weighted by molar-refractivity contribution is 6.31. The number of rotatable bonds is 6. The second kappa shape index (κ2) is 10.1. The third kappa shape index (κ3) is 5.26. The molecule has 4 aliphatic rings. The number of benzene rings is 1. The van der Waals surface area contributed by atoms with Gasteiger partial charge in [-0.15, -0.1) is 0 Å². The molecule has 2 aliphatic heterocycles. The Balaban J connectivity index is 1.02. The summed E-state index contributed by atoms with van der Waals surface area (Å²) >= 11 is 6.10. The molecule has 1 aromatic rings. The number of carbonyl (C=O) groups excluding carboxylic acids is 1. The topological polar surface area (TPSA) is 110 Å². The summed E-state index contributed by atoms with van der Waals surface area (Å²) in [6.45, 7) is 2.31. The Morgan fingerprint density at radius 3 is 2.71 bits per heavy atom. The number of nitriles is 1. The van der Waals surface area contributed by atoms with E-state index in [1.54, 1.807) is 18.2 Å². The first kappa shape index (κ1) is 24.0. The van der Waals surface area contributed by atoms with Crippen LogP contribution in [0.25, 0.3) is 0 Å². The SMILES string of the molecule is N#Cc1ccc(OC2CCC(NC(=O)C3C=CC(N4CC5(CC(CCO)C5)C4)=NN3)CC2)cc1Cl. The standard InChI is InChI=1S/C26H32ClN5O3/c27-22-11-21(4-1-18(22)14-28)35-20-5-2-19(3-6-20)29-25(34)23-7-8-24(31-30-23)32-15-26(16-32)12-17(13-26)9-10-33/h1,4,7-8,11,17,19-20,23,30,33H,2-3,5-6,9-10,12-13,15-16H2,(H,29,34). The summed E-state index contributed by atoms with van der Waals surface area (Å²) in [5.74, 6) is 2.18. The van der Waals surface area contributed by atoms with Crippen molar-refractivity contribution >= 4 is 23.3 Å². The average molecular weight is 498 g/mol. The Morgan fingerprint density at radius 1 is 1.31 bits per heavy atom. The summed E-state index contributed by atoms with van der Waals surface area (Å²) in [5.41, 5.74) is 3.86. The molecule has 1 amide bonds. The van der Waals surface area contributed by atoms with Crippen LogP contribution < -0.4 is 15.5 Å². The van der Waals surface area contributed by atoms with E-state index >= 15 is 0 Å². The summed E-state index contributed by atoms with van der Waals surface area (Å²) in [5, 5.41) is 26.1. The molecular weight excluding hydrogens is 466 g/mol. The number of nitrogens with zero attached hydrogens (tertiary/aromatic N) is 3. The lowest BCUT2D eigenvalue weighted by molar-refractivity contribution is -0.123. The molecule has 1 unspecified atom stereocenters. The maximum atomic E-state index is 12.8. The van der Waals surface area contributed by atoms with Crippen molar-refractivity contribution in [2.45, 2.75) is 63.1 Å². The van der Waals surface area contributed by atoms with Crippen molar-refractivity contribution in [3.8, 4) is 11.8 Å². The van der Waals surface area contributed by atoms with E-state index in [1.807, 2.05) is 18.2 Å². The molecule has 2 saturated carbocycles. The zero-order chi connectivity index (χ0) is 24.4. The van der Waals surface area contributed by atoms with Crippen molar-refractivity contribution in [2.24, 2.45) is 16.4 Å². The number of hydrogen-bond donors (Lipinski definition) is 3. The van der Waals surface area contributed by atoms with Gasteiger partial charge in [0, 0.05) is 37.2 Å². The van der Waals surface area contributed by atoms with Crippen LogP contribution in [0.15, 0.2) is 35.5 Å². The lowest BCUT2D eigenvalue weighted by atomic mass is 9.57. The lowest BCUT2D eigenvalue weighted by Gasteiger charge is -2.60. The van der Waals surface area contributed by atoms with Gasteiger partial charge in [-0.05, 0) is 75.1 Å². The Hall–Kier alpha value is -2.76. The first-order chi connectivity index (χ1) is 17.0. The van der Waals surface area contributed by atoms with Gasteiger partial charge in [0.15, 0.2) is 0 Å². The number of likely N-dealkylation sites (tertiary alicyclic amines) is 1. The maximum Gasteiger partial charge on any atom is 0.248 e. The number of aliphatic hydroxyl groups is 1. The van der Waals surface area contributed by atoms with E-state index in [2.05, 4.69) is 20.7 Å². The molecule has 1 aromatic carbocycles. The van der Waals surface area contributed by atoms with Gasteiger partial charge in [0.1, 0.15) is 23.7 Å². The van der Waals surface area contributed by atoms with Crippen LogP contribution in [0.4, 0.5) is 0 Å². The highest BCUT2D eigenvalue weighted by atomic mass is 35.5. The number of nitrogens with one attached hydrogen (secondary N) is 2. The first-order valence-corrected chi connectivity index (χ1v) is 12.9. The molecule has 3 fully saturated rings. The largest absolute Gasteiger partial charge is 0.490 e. The van der Waals surface area contributed by atoms with Crippen LogP contribution in [-0.4, -0.2) is 59.6 Å². The Kier molecular flexibility index (Phi) is 6.90. The molecule has 3 N–H and O–H groups in total. The second-order valence-corrected chi connectivity index (χ2v) is 10.8. The van der Waals surface area contributed by atoms with E-state index in [9.17, 15) is 4.79 Å². The van der Waals surface area contributed by atoms with Gasteiger partial charge < -0.3 is 20.1 Å². The van der Waals surface area contributed by atoms with Crippen molar-refractivity contribution in [3.63, 3.8) is 0 Å². The molecule has 2 heterocycles. The van der Waals surface area contributed by atoms with Crippen molar-refractivity contribution in [3.05, 3.63) is 40.9 Å². The molecule has 35 heavy (non-hydrogen) atoms. The monoisotopic (exact) mass is 497 g/mol. The minimum absolute atomic E-state index is 0.0572. The van der Waals surface area contributed by atoms with E-state index in [1.165, 1.54) is 12.8 Å². The Morgan fingerprint density at radius 2 is 2.09 bits per heavy atom. The molecule has 5 rings (SSSR count). The third-order valence-corrected chi connectivity index (χ3v) is 8.09. The molecule has 9 heteroatoms. The number of amides is 1. The maximum absolute atomic E-state index is 12.8. The molecule has 186 valence electrons. The van der Waals surface area contributed by atoms with Crippen molar-refractivity contribution < 1.29 is 14.6 Å². The summed E-state index contributed by atoms with van der Waals surface area (Å²) in [6.07, 6.45) is 10.6. The fraction of sp³-hybridized carbons (Fsp3) is 0.577. The van der Waals surface area contributed by atoms with Gasteiger partial charge >= 0.3 is 0 Å². The number of hydrogen-bond acceptors (Lipinski definition) is 7. The number of carbonyl (C=O) groups is 1. The number of halogens is 1. The third-order valence-electron chi connectivity index (χ3n) is 7.78. The van der Waals surface area contributed by atoms with Crippen molar-refractivity contribution in [1.82, 2.24) is 15.6 Å². The van der Waals surface area contributed by atoms with E-state index in [0.29, 0.717) is 27.7 Å². The molecule has 1 atom stereocenters. The van der Waals surface area contributed by atoms with E-state index < -0.39 is 6.04 Å². The van der Waals surface area contributed by atoms with Crippen LogP contribution >= 0.6 is 11.6 Å². The first-order valence-electron chi connectivity index (χ1n) is 12.5. The summed E-state index contributed by atoms with van der Waals surface area (Å²) < 4.78 is 6.04. The summed E-state index contributed by atoms with van der Waals surface area (Å²) in [6, 6.07) is 6.84. The normalized spacial score (nSPS) is 27.2. The average Bonchev–Trinajstić information content (AvgIpc) is 2.81. The molecule has 0 aromatic heterocycles. The van der Waals surface area contributed by atoms with E-state index in [4.69, 9.17) is 26.7 Å². The van der Waals surface area contributed by atoms with Gasteiger partial charge in [-0.2, -0.15) is 10.4 Å². The fourth-order valence-electron chi connectivity index (χ4n) is 5.92. The predicted molar refractivity (Wildman–Crippen MR) is 133 cm³/mol. The molecule has 1 saturated heterocycles. The Bertz CT molecular complexity index is 1050. The van der Waals surface area contributed by atoms with Gasteiger partial charge in [-0.1, -0.05) is 11.6 Å². The van der Waals surface area contributed by atoms with E-state index in [0.717, 1.165) is 51.0 Å². The summed E-state index contributed by atoms with van der Waals surface area (Å²) in [7, 11) is 0. The molecule has 8 nitrogen and oxygen atoms in total. The van der Waals surface area contributed by atoms with Crippen molar-refractivity contribution in [2.75, 3.05) is 19.7 Å². The fourth-order valence-corrected chi connectivity index (χ4v) is 6.14. The molecule has 2 aliphatic carbocycles. The van der Waals surface area contributed by atoms with Crippen LogP contribution in [0.2, 0.25) is 5.02 Å². The van der Waals surface area contributed by atoms with Crippen molar-refractivity contribution in [1.29, 1.82) is 5.26 Å². The number of ether oxygens (including phenoxy) is 1. The second-order valence-electron chi connectivity index (χ2n) is 10.4. The van der Waals surface area contributed by atoms with Gasteiger partial charge in [0.2, 0.25) is 5.91 Å². The number of aliphatic hydroxyl groups excluding tert-OH is 1. The zero-order valence-electron chi connectivity index (χ0n) is 19.8. The van der Waals surface area contributed by atoms with Crippen LogP contribution in [0, 0.1) is 22.7 Å². The minimum Gasteiger partial charge on any atom is -0.490 e. The predicted octanol–water partition coefficient (Wildman–Crippen LogP) is 2.95. The molecule has 1 spiro atoms. The van der Waals surface area contributed by atoms with Crippen LogP contribution in [0.5, 0.6) is 5.75 Å². The van der Waals surface area contributed by atoms with Crippen LogP contribution in [0.3, 0.4) is 0 Å². The van der Waals surface area contributed by atoms with Gasteiger partial charge in [0.05, 0.1) is 16.7 Å². The molecular formula is C26H32ClN5O3. The van der Waals surface area contributed by atoms with Crippen LogP contribution in [-0.2, 0) is 4.79 Å². The minimum atomic E-state index is -0.457. The highest BCUT2D eigenvalue weighted by Crippen LogP contribution is 2.53. The Labute approximate surface area is 211 Å². The van der Waals surface area contributed by atoms with E-state index in [-0.39, 0.29) is 24.7 Å². The summed E-state index contributed by atoms with van der Waals surface area (Å²) in [4.78, 5) is 15.0. The quantitative estimate of drug-likeness (QED) is 0.557. The van der Waals surface area contributed by atoms with Crippen LogP contribution in [0.1, 0.15) is 50.5 Å². The van der Waals surface area contributed by atoms with Gasteiger partial charge in [0.25, 0.3) is 0 Å². The number of hydrazone groups is 1. The smallest absolute Gasteiger partial charge is 0.248 e. The lowest BCUT2D eigenvalue weighted by Crippen LogP contribution is -2.64. The number of amidine groups is 1. The van der Waals surface area contributed by atoms with Gasteiger partial charge in [-0.25, -0.2) is 0 Å². The van der Waals surface area contributed by atoms with Gasteiger partial charge in [-0.3, -0.25) is 10.2 Å². The highest BCUT2D eigenvalue weighted by Gasteiger charge is 2.52. The molecule has 0 bridgehead atoms. The zero-order valence-corrected chi connectivity index (χ0v) is 20.5. The molecule has 0 radical (unpaired) electrons.